The lowest BCUT2D eigenvalue weighted by Crippen LogP contribution is -2.43. The third-order valence-corrected chi connectivity index (χ3v) is 5.21. The summed E-state index contributed by atoms with van der Waals surface area (Å²) in [6, 6.07) is 2.02. The van der Waals surface area contributed by atoms with Crippen molar-refractivity contribution in [3.63, 3.8) is 0 Å². The number of piperidine rings is 1. The Morgan fingerprint density at radius 1 is 1.38 bits per heavy atom. The fraction of sp³-hybridized carbons (Fsp3) is 0.579. The Hall–Kier alpha value is -2.02. The number of nitrogens with zero attached hydrogens (tertiary/aromatic N) is 4. The van der Waals surface area contributed by atoms with Gasteiger partial charge in [0.2, 0.25) is 0 Å². The molecular formula is C19H26N4O2S. The third kappa shape index (κ3) is 5.00. The van der Waals surface area contributed by atoms with Gasteiger partial charge in [-0.05, 0) is 58.9 Å². The van der Waals surface area contributed by atoms with Gasteiger partial charge in [0.25, 0.3) is 0 Å². The van der Waals surface area contributed by atoms with Gasteiger partial charge in [-0.25, -0.2) is 19.7 Å². The van der Waals surface area contributed by atoms with E-state index in [1.165, 1.54) is 0 Å². The molecule has 2 aromatic heterocycles. The van der Waals surface area contributed by atoms with Gasteiger partial charge in [-0.3, -0.25) is 0 Å². The van der Waals surface area contributed by atoms with E-state index in [2.05, 4.69) is 15.0 Å². The number of hydrogen-bond donors (Lipinski definition) is 0. The molecule has 2 aromatic rings. The fourth-order valence-corrected chi connectivity index (χ4v) is 3.88. The van der Waals surface area contributed by atoms with Crippen LogP contribution in [0.25, 0.3) is 10.7 Å². The van der Waals surface area contributed by atoms with E-state index < -0.39 is 5.60 Å². The molecule has 1 aliphatic heterocycles. The zero-order valence-electron chi connectivity index (χ0n) is 15.9. The maximum absolute atomic E-state index is 12.3. The van der Waals surface area contributed by atoms with Crippen molar-refractivity contribution < 1.29 is 9.53 Å². The lowest BCUT2D eigenvalue weighted by atomic mass is 9.93. The van der Waals surface area contributed by atoms with Crippen LogP contribution >= 0.6 is 11.3 Å². The zero-order valence-corrected chi connectivity index (χ0v) is 16.7. The predicted molar refractivity (Wildman–Crippen MR) is 102 cm³/mol. The molecule has 26 heavy (non-hydrogen) atoms. The predicted octanol–water partition coefficient (Wildman–Crippen LogP) is 4.10. The summed E-state index contributed by atoms with van der Waals surface area (Å²) in [7, 11) is 0. The van der Waals surface area contributed by atoms with Crippen molar-refractivity contribution in [2.45, 2.75) is 52.6 Å². The van der Waals surface area contributed by atoms with Crippen molar-refractivity contribution in [1.82, 2.24) is 19.9 Å². The Morgan fingerprint density at radius 3 is 2.88 bits per heavy atom. The number of thiazole rings is 1. The first kappa shape index (κ1) is 18.8. The number of carbonyl (C=O) groups is 1. The summed E-state index contributed by atoms with van der Waals surface area (Å²) < 4.78 is 5.51. The van der Waals surface area contributed by atoms with Crippen LogP contribution in [0, 0.1) is 12.8 Å². The molecule has 3 rings (SSSR count). The summed E-state index contributed by atoms with van der Waals surface area (Å²) in [5.74, 6) is 0.386. The second kappa shape index (κ2) is 7.70. The molecule has 0 aliphatic carbocycles. The Morgan fingerprint density at radius 2 is 2.19 bits per heavy atom. The minimum Gasteiger partial charge on any atom is -0.444 e. The summed E-state index contributed by atoms with van der Waals surface area (Å²) in [6.07, 6.45) is 4.31. The highest BCUT2D eigenvalue weighted by Gasteiger charge is 2.28. The van der Waals surface area contributed by atoms with Crippen LogP contribution in [0.3, 0.4) is 0 Å². The van der Waals surface area contributed by atoms with Crippen LogP contribution in [-0.4, -0.2) is 44.6 Å². The van der Waals surface area contributed by atoms with E-state index in [4.69, 9.17) is 4.74 Å². The van der Waals surface area contributed by atoms with Crippen LogP contribution in [0.4, 0.5) is 4.79 Å². The number of likely N-dealkylation sites (tertiary alicyclic amines) is 1. The smallest absolute Gasteiger partial charge is 0.410 e. The van der Waals surface area contributed by atoms with Gasteiger partial charge < -0.3 is 9.64 Å². The number of hydrogen-bond acceptors (Lipinski definition) is 6. The van der Waals surface area contributed by atoms with Crippen molar-refractivity contribution in [2.75, 3.05) is 13.1 Å². The van der Waals surface area contributed by atoms with Crippen molar-refractivity contribution in [1.29, 1.82) is 0 Å². The van der Waals surface area contributed by atoms with Gasteiger partial charge in [0, 0.05) is 29.9 Å². The Bertz CT molecular complexity index is 769. The summed E-state index contributed by atoms with van der Waals surface area (Å²) in [5.41, 5.74) is 2.41. The van der Waals surface area contributed by atoms with Crippen LogP contribution in [0.15, 0.2) is 17.8 Å². The number of aromatic nitrogens is 3. The zero-order chi connectivity index (χ0) is 18.7. The number of aryl methyl sites for hydroxylation is 1. The van der Waals surface area contributed by atoms with Gasteiger partial charge in [0.1, 0.15) is 22.6 Å². The SMILES string of the molecule is Cc1csc(-c2cc(C[C@H]3CCCN(C(=O)OC(C)(C)C)C3)ncn2)n1. The molecule has 1 amide bonds. The molecule has 0 unspecified atom stereocenters. The molecule has 0 spiro atoms. The summed E-state index contributed by atoms with van der Waals surface area (Å²) in [6.45, 7) is 9.15. The largest absolute Gasteiger partial charge is 0.444 e. The first-order valence-corrected chi connectivity index (χ1v) is 9.89. The van der Waals surface area contributed by atoms with E-state index in [1.807, 2.05) is 44.0 Å². The second-order valence-electron chi connectivity index (χ2n) is 7.83. The highest BCUT2D eigenvalue weighted by Crippen LogP contribution is 2.25. The molecule has 140 valence electrons. The molecule has 0 N–H and O–H groups in total. The first-order valence-electron chi connectivity index (χ1n) is 9.01. The molecule has 0 saturated carbocycles. The van der Waals surface area contributed by atoms with Crippen LogP contribution < -0.4 is 0 Å². The van der Waals surface area contributed by atoms with Gasteiger partial charge in [-0.15, -0.1) is 11.3 Å². The van der Waals surface area contributed by atoms with E-state index in [0.29, 0.717) is 12.5 Å². The Balaban J connectivity index is 1.64. The minimum absolute atomic E-state index is 0.219. The highest BCUT2D eigenvalue weighted by molar-refractivity contribution is 7.13. The molecule has 1 aliphatic rings. The molecule has 0 aromatic carbocycles. The van der Waals surface area contributed by atoms with Crippen molar-refractivity contribution >= 4 is 17.4 Å². The number of rotatable bonds is 3. The number of carbonyl (C=O) groups excluding carboxylic acids is 1. The van der Waals surface area contributed by atoms with Crippen molar-refractivity contribution in [2.24, 2.45) is 5.92 Å². The average molecular weight is 375 g/mol. The normalized spacial score (nSPS) is 18.0. The minimum atomic E-state index is -0.461. The molecule has 0 bridgehead atoms. The number of amides is 1. The molecule has 3 heterocycles. The maximum atomic E-state index is 12.3. The standard InChI is InChI=1S/C19H26N4O2S/c1-13-11-26-17(22-13)16-9-15(20-12-21-16)8-14-6-5-7-23(10-14)18(24)25-19(2,3)4/h9,11-12,14H,5-8,10H2,1-4H3/t14-/m1/s1. The van der Waals surface area contributed by atoms with E-state index >= 15 is 0 Å². The van der Waals surface area contributed by atoms with Gasteiger partial charge >= 0.3 is 6.09 Å². The quantitative estimate of drug-likeness (QED) is 0.809. The second-order valence-corrected chi connectivity index (χ2v) is 8.69. The molecule has 0 radical (unpaired) electrons. The van der Waals surface area contributed by atoms with Crippen molar-refractivity contribution in [3.05, 3.63) is 29.2 Å². The van der Waals surface area contributed by atoms with E-state index in [0.717, 1.165) is 47.9 Å². The van der Waals surface area contributed by atoms with E-state index in [1.54, 1.807) is 17.7 Å². The Labute approximate surface area is 158 Å². The van der Waals surface area contributed by atoms with Gasteiger partial charge in [-0.1, -0.05) is 0 Å². The molecule has 1 atom stereocenters. The van der Waals surface area contributed by atoms with Crippen molar-refractivity contribution in [3.8, 4) is 10.7 Å². The monoisotopic (exact) mass is 374 g/mol. The highest BCUT2D eigenvalue weighted by atomic mass is 32.1. The van der Waals surface area contributed by atoms with Crippen LogP contribution in [0.1, 0.15) is 45.0 Å². The molecule has 1 fully saturated rings. The summed E-state index contributed by atoms with van der Waals surface area (Å²) in [4.78, 5) is 27.4. The molecule has 7 heteroatoms. The lowest BCUT2D eigenvalue weighted by Gasteiger charge is -2.34. The topological polar surface area (TPSA) is 68.2 Å². The van der Waals surface area contributed by atoms with Gasteiger partial charge in [-0.2, -0.15) is 0 Å². The van der Waals surface area contributed by atoms with E-state index in [9.17, 15) is 4.79 Å². The van der Waals surface area contributed by atoms with Gasteiger partial charge in [0.15, 0.2) is 0 Å². The van der Waals surface area contributed by atoms with Crippen LogP contribution in [0.2, 0.25) is 0 Å². The molecular weight excluding hydrogens is 348 g/mol. The third-order valence-electron chi connectivity index (χ3n) is 4.23. The first-order chi connectivity index (χ1) is 12.3. The van der Waals surface area contributed by atoms with E-state index in [-0.39, 0.29) is 6.09 Å². The molecule has 1 saturated heterocycles. The van der Waals surface area contributed by atoms with Crippen LogP contribution in [0.5, 0.6) is 0 Å². The van der Waals surface area contributed by atoms with Gasteiger partial charge in [0.05, 0.1) is 0 Å². The lowest BCUT2D eigenvalue weighted by molar-refractivity contribution is 0.0165. The maximum Gasteiger partial charge on any atom is 0.410 e. The molecule has 6 nitrogen and oxygen atoms in total. The number of ether oxygens (including phenoxy) is 1. The average Bonchev–Trinajstić information content (AvgIpc) is 3.00. The Kier molecular flexibility index (Phi) is 5.55. The summed E-state index contributed by atoms with van der Waals surface area (Å²) >= 11 is 1.60. The summed E-state index contributed by atoms with van der Waals surface area (Å²) in [5, 5.41) is 2.95. The fourth-order valence-electron chi connectivity index (χ4n) is 3.12. The van der Waals surface area contributed by atoms with Crippen LogP contribution in [-0.2, 0) is 11.2 Å².